The van der Waals surface area contributed by atoms with Crippen molar-refractivity contribution in [3.8, 4) is 6.07 Å². The van der Waals surface area contributed by atoms with Crippen molar-refractivity contribution in [2.45, 2.75) is 18.4 Å². The van der Waals surface area contributed by atoms with Crippen molar-refractivity contribution in [3.63, 3.8) is 0 Å². The van der Waals surface area contributed by atoms with Crippen LogP contribution < -0.4 is 11.1 Å². The lowest BCUT2D eigenvalue weighted by molar-refractivity contribution is 0.0267. The number of aromatic nitrogens is 1. The smallest absolute Gasteiger partial charge is 0.283 e. The number of amides is 1. The maximum atomic E-state index is 13.9. The summed E-state index contributed by atoms with van der Waals surface area (Å²) in [5.41, 5.74) is 4.17. The van der Waals surface area contributed by atoms with Crippen LogP contribution >= 0.6 is 11.6 Å². The highest BCUT2D eigenvalue weighted by atomic mass is 35.5. The number of nitrogens with two attached hydrogens (primary N) is 1. The average molecular weight is 406 g/mol. The summed E-state index contributed by atoms with van der Waals surface area (Å²) in [4.78, 5) is 20.1. The fourth-order valence-corrected chi connectivity index (χ4v) is 3.07. The van der Waals surface area contributed by atoms with Crippen molar-refractivity contribution < 1.29 is 18.3 Å². The molecule has 1 aromatic heterocycles. The Morgan fingerprint density at radius 3 is 2.79 bits per heavy atom. The summed E-state index contributed by atoms with van der Waals surface area (Å²) in [7, 11) is 0. The van der Waals surface area contributed by atoms with E-state index in [0.29, 0.717) is 5.56 Å². The van der Waals surface area contributed by atoms with Crippen molar-refractivity contribution >= 4 is 29.2 Å². The molecular formula is C18H14ClF2N5O2. The molecule has 0 bridgehead atoms. The van der Waals surface area contributed by atoms with Gasteiger partial charge < -0.3 is 15.8 Å². The second-order valence-corrected chi connectivity index (χ2v) is 6.37. The van der Waals surface area contributed by atoms with Gasteiger partial charge in [0.15, 0.2) is 5.54 Å². The number of ether oxygens (including phenoxy) is 1. The summed E-state index contributed by atoms with van der Waals surface area (Å²) in [6.45, 7) is -0.0399. The predicted octanol–water partition coefficient (Wildman–Crippen LogP) is 3.05. The van der Waals surface area contributed by atoms with Gasteiger partial charge in [-0.05, 0) is 30.3 Å². The summed E-state index contributed by atoms with van der Waals surface area (Å²) < 4.78 is 32.9. The molecule has 2 heterocycles. The number of halogens is 3. The van der Waals surface area contributed by atoms with E-state index in [1.807, 2.05) is 6.07 Å². The van der Waals surface area contributed by atoms with Gasteiger partial charge in [-0.2, -0.15) is 5.26 Å². The van der Waals surface area contributed by atoms with Crippen molar-refractivity contribution in [1.82, 2.24) is 4.98 Å². The number of nitrogens with one attached hydrogen (secondary N) is 1. The summed E-state index contributed by atoms with van der Waals surface area (Å²) in [6.07, 6.45) is -1.76. The van der Waals surface area contributed by atoms with Crippen molar-refractivity contribution in [3.05, 3.63) is 58.4 Å². The van der Waals surface area contributed by atoms with Crippen LogP contribution in [0.3, 0.4) is 0 Å². The molecule has 0 fully saturated rings. The van der Waals surface area contributed by atoms with Gasteiger partial charge in [0.1, 0.15) is 11.8 Å². The molecule has 3 N–H and O–H groups in total. The van der Waals surface area contributed by atoms with Gasteiger partial charge >= 0.3 is 0 Å². The number of hydrogen-bond donors (Lipinski definition) is 2. The van der Waals surface area contributed by atoms with Gasteiger partial charge in [0.05, 0.1) is 12.2 Å². The molecule has 1 aliphatic heterocycles. The van der Waals surface area contributed by atoms with Gasteiger partial charge in [-0.1, -0.05) is 11.6 Å². The second-order valence-electron chi connectivity index (χ2n) is 5.97. The standard InChI is InChI=1S/C18H14ClF2N5O2/c19-13-3-2-11(25-15(27)14-4-1-10(8-22)9-24-14)7-12(13)18(16(20)21)5-6-28-17(23)26-18/h1-4,7,9,16H,5-6H2,(H2,23,26)(H,25,27)/t18-/m0/s1. The number of nitriles is 1. The summed E-state index contributed by atoms with van der Waals surface area (Å²) in [5, 5.41) is 11.4. The molecule has 1 atom stereocenters. The Bertz CT molecular complexity index is 975. The Balaban J connectivity index is 1.93. The van der Waals surface area contributed by atoms with E-state index in [0.717, 1.165) is 0 Å². The van der Waals surface area contributed by atoms with Gasteiger partial charge in [0.25, 0.3) is 18.4 Å². The van der Waals surface area contributed by atoms with Crippen LogP contribution in [0.25, 0.3) is 0 Å². The second kappa shape index (κ2) is 7.78. The van der Waals surface area contributed by atoms with Crippen molar-refractivity contribution in [1.29, 1.82) is 5.26 Å². The molecule has 144 valence electrons. The first kappa shape index (κ1) is 19.5. The Labute approximate surface area is 163 Å². The minimum atomic E-state index is -2.89. The Kier molecular flexibility index (Phi) is 5.42. The van der Waals surface area contributed by atoms with Crippen molar-refractivity contribution in [2.75, 3.05) is 11.9 Å². The Hall–Kier alpha value is -3.25. The zero-order chi connectivity index (χ0) is 20.3. The molecular weight excluding hydrogens is 392 g/mol. The fraction of sp³-hybridized carbons (Fsp3) is 0.222. The lowest BCUT2D eigenvalue weighted by Gasteiger charge is -2.33. The highest BCUT2D eigenvalue weighted by Gasteiger charge is 2.45. The molecule has 2 aromatic rings. The molecule has 1 aromatic carbocycles. The number of amidine groups is 1. The monoisotopic (exact) mass is 405 g/mol. The summed E-state index contributed by atoms with van der Waals surface area (Å²) in [5.74, 6) is -0.571. The minimum Gasteiger partial charge on any atom is -0.465 e. The zero-order valence-electron chi connectivity index (χ0n) is 14.3. The first-order chi connectivity index (χ1) is 13.4. The largest absolute Gasteiger partial charge is 0.465 e. The third kappa shape index (κ3) is 3.73. The van der Waals surface area contributed by atoms with E-state index >= 15 is 0 Å². The van der Waals surface area contributed by atoms with Gasteiger partial charge in [-0.15, -0.1) is 0 Å². The van der Waals surface area contributed by atoms with Gasteiger partial charge in [-0.25, -0.2) is 18.8 Å². The number of alkyl halides is 2. The maximum Gasteiger partial charge on any atom is 0.283 e. The summed E-state index contributed by atoms with van der Waals surface area (Å²) in [6, 6.07) is 8.57. The molecule has 0 spiro atoms. The number of rotatable bonds is 4. The molecule has 7 nitrogen and oxygen atoms in total. The number of carbonyl (C=O) groups excluding carboxylic acids is 1. The lowest BCUT2D eigenvalue weighted by Crippen LogP contribution is -2.41. The van der Waals surface area contributed by atoms with E-state index < -0.39 is 17.9 Å². The molecule has 10 heteroatoms. The average Bonchev–Trinajstić information content (AvgIpc) is 2.69. The molecule has 0 unspecified atom stereocenters. The van der Waals surface area contributed by atoms with Gasteiger partial charge in [-0.3, -0.25) is 4.79 Å². The van der Waals surface area contributed by atoms with E-state index in [1.165, 1.54) is 36.5 Å². The maximum absolute atomic E-state index is 13.9. The van der Waals surface area contributed by atoms with E-state index in [1.54, 1.807) is 0 Å². The molecule has 28 heavy (non-hydrogen) atoms. The molecule has 0 saturated carbocycles. The van der Waals surface area contributed by atoms with E-state index in [9.17, 15) is 13.6 Å². The molecule has 0 saturated heterocycles. The Morgan fingerprint density at radius 2 is 2.18 bits per heavy atom. The number of nitrogens with zero attached hydrogens (tertiary/aromatic N) is 3. The number of aliphatic imine (C=N–C) groups is 1. The number of carbonyl (C=O) groups is 1. The van der Waals surface area contributed by atoms with Crippen LogP contribution in [0.5, 0.6) is 0 Å². The molecule has 1 aliphatic rings. The number of hydrogen-bond acceptors (Lipinski definition) is 6. The minimum absolute atomic E-state index is 0.0287. The molecule has 0 radical (unpaired) electrons. The van der Waals surface area contributed by atoms with Gasteiger partial charge in [0, 0.05) is 28.9 Å². The van der Waals surface area contributed by atoms with Crippen LogP contribution in [0.2, 0.25) is 5.02 Å². The van der Waals surface area contributed by atoms with Gasteiger partial charge in [0.2, 0.25) is 0 Å². The topological polar surface area (TPSA) is 113 Å². The third-order valence-electron chi connectivity index (χ3n) is 4.22. The third-order valence-corrected chi connectivity index (χ3v) is 4.55. The van der Waals surface area contributed by atoms with E-state index in [2.05, 4.69) is 15.3 Å². The zero-order valence-corrected chi connectivity index (χ0v) is 15.1. The number of pyridine rings is 1. The van der Waals surface area contributed by atoms with Crippen LogP contribution in [-0.2, 0) is 10.3 Å². The normalized spacial score (nSPS) is 18.8. The number of anilines is 1. The van der Waals surface area contributed by atoms with Crippen LogP contribution in [0.15, 0.2) is 41.5 Å². The van der Waals surface area contributed by atoms with Crippen molar-refractivity contribution in [2.24, 2.45) is 10.7 Å². The summed E-state index contributed by atoms with van der Waals surface area (Å²) >= 11 is 6.16. The fourth-order valence-electron chi connectivity index (χ4n) is 2.79. The molecule has 3 rings (SSSR count). The van der Waals surface area contributed by atoms with E-state index in [-0.39, 0.29) is 41.0 Å². The predicted molar refractivity (Wildman–Crippen MR) is 98.2 cm³/mol. The highest BCUT2D eigenvalue weighted by molar-refractivity contribution is 6.31. The SMILES string of the molecule is N#Cc1ccc(C(=O)Nc2ccc(Cl)c([C@]3(C(F)F)CCOC(N)=N3)c2)nc1. The van der Waals surface area contributed by atoms with Crippen LogP contribution in [-0.4, -0.2) is 29.9 Å². The molecule has 0 aliphatic carbocycles. The first-order valence-corrected chi connectivity index (χ1v) is 8.47. The lowest BCUT2D eigenvalue weighted by atomic mass is 9.86. The Morgan fingerprint density at radius 1 is 1.39 bits per heavy atom. The van der Waals surface area contributed by atoms with Crippen LogP contribution in [0.1, 0.15) is 28.0 Å². The highest BCUT2D eigenvalue weighted by Crippen LogP contribution is 2.42. The molecule has 1 amide bonds. The first-order valence-electron chi connectivity index (χ1n) is 8.09. The quantitative estimate of drug-likeness (QED) is 0.811. The van der Waals surface area contributed by atoms with E-state index in [4.69, 9.17) is 27.3 Å². The van der Waals surface area contributed by atoms with Crippen LogP contribution in [0.4, 0.5) is 14.5 Å². The van der Waals surface area contributed by atoms with Crippen LogP contribution in [0, 0.1) is 11.3 Å². The number of benzene rings is 1.